The Hall–Kier alpha value is -0.440. The number of unbranched alkanes of at least 4 members (excludes halogenated alkanes) is 2. The molecule has 13 heavy (non-hydrogen) atoms. The van der Waals surface area contributed by atoms with E-state index in [0.29, 0.717) is 0 Å². The molecule has 0 radical (unpaired) electrons. The molecular formula is C10H20N2O. The number of rotatable bonds is 5. The zero-order valence-corrected chi connectivity index (χ0v) is 8.54. The second-order valence-corrected chi connectivity index (χ2v) is 3.91. The average Bonchev–Trinajstić information content (AvgIpc) is 2.19. The van der Waals surface area contributed by atoms with Gasteiger partial charge in [-0.2, -0.15) is 4.91 Å². The topological polar surface area (TPSA) is 32.7 Å². The summed E-state index contributed by atoms with van der Waals surface area (Å²) < 4.78 is 0. The third-order valence-corrected chi connectivity index (χ3v) is 2.71. The van der Waals surface area contributed by atoms with E-state index in [2.05, 4.69) is 17.0 Å². The highest BCUT2D eigenvalue weighted by atomic mass is 16.3. The van der Waals surface area contributed by atoms with Gasteiger partial charge >= 0.3 is 0 Å². The van der Waals surface area contributed by atoms with Crippen molar-refractivity contribution in [3.8, 4) is 0 Å². The van der Waals surface area contributed by atoms with Gasteiger partial charge in [0.15, 0.2) is 0 Å². The van der Waals surface area contributed by atoms with Crippen LogP contribution in [0.1, 0.15) is 39.0 Å². The smallest absolute Gasteiger partial charge is 0.105 e. The molecule has 1 unspecified atom stereocenters. The second kappa shape index (κ2) is 6.08. The summed E-state index contributed by atoms with van der Waals surface area (Å²) in [7, 11) is 0. The third-order valence-electron chi connectivity index (χ3n) is 2.71. The molecule has 0 aromatic heterocycles. The van der Waals surface area contributed by atoms with E-state index in [0.717, 1.165) is 32.5 Å². The van der Waals surface area contributed by atoms with Crippen molar-refractivity contribution < 1.29 is 0 Å². The zero-order valence-electron chi connectivity index (χ0n) is 8.54. The number of nitroso groups, excluding NO2 is 1. The Morgan fingerprint density at radius 1 is 1.46 bits per heavy atom. The molecule has 0 amide bonds. The maximum atomic E-state index is 10.4. The standard InChI is InChI=1S/C10H20N2O/c1-2-3-4-7-12-8-5-6-10(9-12)11-13/h10H,2-9H2,1H3. The molecule has 3 nitrogen and oxygen atoms in total. The fourth-order valence-corrected chi connectivity index (χ4v) is 1.91. The van der Waals surface area contributed by atoms with Crippen LogP contribution in [0.5, 0.6) is 0 Å². The van der Waals surface area contributed by atoms with Gasteiger partial charge in [-0.1, -0.05) is 24.9 Å². The summed E-state index contributed by atoms with van der Waals surface area (Å²) in [5.41, 5.74) is 0. The quantitative estimate of drug-likeness (QED) is 0.485. The highest BCUT2D eigenvalue weighted by molar-refractivity contribution is 4.77. The molecular weight excluding hydrogens is 164 g/mol. The first-order valence-electron chi connectivity index (χ1n) is 5.41. The Kier molecular flexibility index (Phi) is 4.98. The van der Waals surface area contributed by atoms with Crippen molar-refractivity contribution in [1.29, 1.82) is 0 Å². The molecule has 76 valence electrons. The van der Waals surface area contributed by atoms with Crippen LogP contribution >= 0.6 is 0 Å². The first-order chi connectivity index (χ1) is 6.36. The summed E-state index contributed by atoms with van der Waals surface area (Å²) in [5, 5.41) is 3.13. The highest BCUT2D eigenvalue weighted by Crippen LogP contribution is 2.13. The SMILES string of the molecule is CCCCCN1CCCC(N=O)C1. The van der Waals surface area contributed by atoms with Crippen molar-refractivity contribution in [2.45, 2.75) is 45.1 Å². The molecule has 0 bridgehead atoms. The van der Waals surface area contributed by atoms with Gasteiger partial charge < -0.3 is 4.90 Å². The summed E-state index contributed by atoms with van der Waals surface area (Å²) >= 11 is 0. The molecule has 1 atom stereocenters. The fraction of sp³-hybridized carbons (Fsp3) is 1.00. The minimum absolute atomic E-state index is 0.0652. The number of piperidine rings is 1. The van der Waals surface area contributed by atoms with Gasteiger partial charge in [-0.15, -0.1) is 0 Å². The van der Waals surface area contributed by atoms with Gasteiger partial charge in [-0.25, -0.2) is 0 Å². The van der Waals surface area contributed by atoms with Crippen LogP contribution in [0.3, 0.4) is 0 Å². The monoisotopic (exact) mass is 184 g/mol. The van der Waals surface area contributed by atoms with E-state index in [1.54, 1.807) is 0 Å². The molecule has 1 aliphatic heterocycles. The lowest BCUT2D eigenvalue weighted by Gasteiger charge is -2.29. The fourth-order valence-electron chi connectivity index (χ4n) is 1.91. The zero-order chi connectivity index (χ0) is 9.52. The van der Waals surface area contributed by atoms with Gasteiger partial charge in [-0.05, 0) is 32.4 Å². The van der Waals surface area contributed by atoms with Crippen LogP contribution in [0.15, 0.2) is 5.18 Å². The normalized spacial score (nSPS) is 24.5. The predicted octanol–water partition coefficient (Wildman–Crippen LogP) is 2.41. The average molecular weight is 184 g/mol. The van der Waals surface area contributed by atoms with Crippen LogP contribution in [0.4, 0.5) is 0 Å². The number of likely N-dealkylation sites (tertiary alicyclic amines) is 1. The van der Waals surface area contributed by atoms with Crippen LogP contribution in [0.25, 0.3) is 0 Å². The summed E-state index contributed by atoms with van der Waals surface area (Å²) in [6, 6.07) is 0.0652. The molecule has 0 aromatic carbocycles. The molecule has 0 aromatic rings. The van der Waals surface area contributed by atoms with Crippen molar-refractivity contribution in [2.75, 3.05) is 19.6 Å². The van der Waals surface area contributed by atoms with Crippen molar-refractivity contribution >= 4 is 0 Å². The lowest BCUT2D eigenvalue weighted by molar-refractivity contribution is 0.206. The predicted molar refractivity (Wildman–Crippen MR) is 54.8 cm³/mol. The first-order valence-corrected chi connectivity index (χ1v) is 5.41. The molecule has 1 heterocycles. The minimum atomic E-state index is 0.0652. The Labute approximate surface area is 80.5 Å². The van der Waals surface area contributed by atoms with Gasteiger partial charge in [0.25, 0.3) is 0 Å². The lowest BCUT2D eigenvalue weighted by Crippen LogP contribution is -2.37. The molecule has 0 N–H and O–H groups in total. The van der Waals surface area contributed by atoms with Gasteiger partial charge in [0.2, 0.25) is 0 Å². The van der Waals surface area contributed by atoms with E-state index < -0.39 is 0 Å². The largest absolute Gasteiger partial charge is 0.301 e. The maximum Gasteiger partial charge on any atom is 0.105 e. The van der Waals surface area contributed by atoms with Crippen molar-refractivity contribution in [1.82, 2.24) is 4.90 Å². The molecule has 0 aliphatic carbocycles. The molecule has 1 fully saturated rings. The lowest BCUT2D eigenvalue weighted by atomic mass is 10.1. The Morgan fingerprint density at radius 3 is 3.00 bits per heavy atom. The van der Waals surface area contributed by atoms with E-state index in [1.165, 1.54) is 19.3 Å². The number of hydrogen-bond donors (Lipinski definition) is 0. The van der Waals surface area contributed by atoms with Crippen LogP contribution in [0, 0.1) is 4.91 Å². The summed E-state index contributed by atoms with van der Waals surface area (Å²) in [6.07, 6.45) is 5.97. The van der Waals surface area contributed by atoms with E-state index >= 15 is 0 Å². The minimum Gasteiger partial charge on any atom is -0.301 e. The molecule has 1 rings (SSSR count). The first kappa shape index (κ1) is 10.6. The summed E-state index contributed by atoms with van der Waals surface area (Å²) in [6.45, 7) is 5.43. The van der Waals surface area contributed by atoms with E-state index in [-0.39, 0.29) is 6.04 Å². The van der Waals surface area contributed by atoms with Crippen molar-refractivity contribution in [3.63, 3.8) is 0 Å². The Bertz CT molecular complexity index is 150. The maximum absolute atomic E-state index is 10.4. The Morgan fingerprint density at radius 2 is 2.31 bits per heavy atom. The molecule has 0 saturated carbocycles. The van der Waals surface area contributed by atoms with E-state index in [1.807, 2.05) is 0 Å². The molecule has 3 heteroatoms. The number of nitrogens with zero attached hydrogens (tertiary/aromatic N) is 2. The summed E-state index contributed by atoms with van der Waals surface area (Å²) in [4.78, 5) is 12.7. The van der Waals surface area contributed by atoms with Gasteiger partial charge in [0, 0.05) is 6.54 Å². The van der Waals surface area contributed by atoms with E-state index in [9.17, 15) is 4.91 Å². The van der Waals surface area contributed by atoms with Crippen LogP contribution in [-0.4, -0.2) is 30.6 Å². The van der Waals surface area contributed by atoms with Crippen molar-refractivity contribution in [3.05, 3.63) is 4.91 Å². The summed E-state index contributed by atoms with van der Waals surface area (Å²) in [5.74, 6) is 0. The van der Waals surface area contributed by atoms with Crippen molar-refractivity contribution in [2.24, 2.45) is 5.18 Å². The van der Waals surface area contributed by atoms with Crippen LogP contribution in [-0.2, 0) is 0 Å². The van der Waals surface area contributed by atoms with E-state index in [4.69, 9.17) is 0 Å². The van der Waals surface area contributed by atoms with Gasteiger partial charge in [-0.3, -0.25) is 0 Å². The third kappa shape index (κ3) is 3.85. The molecule has 1 saturated heterocycles. The molecule has 0 spiro atoms. The van der Waals surface area contributed by atoms with Crippen LogP contribution in [0.2, 0.25) is 0 Å². The van der Waals surface area contributed by atoms with Crippen LogP contribution < -0.4 is 0 Å². The van der Waals surface area contributed by atoms with Gasteiger partial charge in [0.05, 0.1) is 0 Å². The highest BCUT2D eigenvalue weighted by Gasteiger charge is 2.19. The Balaban J connectivity index is 2.14. The number of hydrogen-bond acceptors (Lipinski definition) is 3. The van der Waals surface area contributed by atoms with Gasteiger partial charge in [0.1, 0.15) is 6.04 Å². The second-order valence-electron chi connectivity index (χ2n) is 3.91. The molecule has 1 aliphatic rings.